The first-order valence-corrected chi connectivity index (χ1v) is 9.78. The van der Waals surface area contributed by atoms with Crippen LogP contribution in [0.1, 0.15) is 48.0 Å². The molecule has 4 aliphatic rings. The summed E-state index contributed by atoms with van der Waals surface area (Å²) in [4.78, 5) is 27.7. The van der Waals surface area contributed by atoms with Crippen LogP contribution in [-0.4, -0.2) is 46.5 Å². The van der Waals surface area contributed by atoms with Gasteiger partial charge in [0.25, 0.3) is 0 Å². The first-order chi connectivity index (χ1) is 12.5. The quantitative estimate of drug-likeness (QED) is 0.840. The molecule has 4 atom stereocenters. The molecule has 1 saturated heterocycles. The van der Waals surface area contributed by atoms with Crippen LogP contribution in [0.5, 0.6) is 5.75 Å². The van der Waals surface area contributed by atoms with Crippen molar-refractivity contribution < 1.29 is 19.4 Å². The summed E-state index contributed by atoms with van der Waals surface area (Å²) in [6.45, 7) is 3.27. The Morgan fingerprint density at radius 1 is 1.27 bits per heavy atom. The molecule has 26 heavy (non-hydrogen) atoms. The Hall–Kier alpha value is -1.88. The van der Waals surface area contributed by atoms with Gasteiger partial charge in [0.1, 0.15) is 11.4 Å². The van der Waals surface area contributed by atoms with Gasteiger partial charge in [-0.05, 0) is 50.7 Å². The Balaban J connectivity index is 1.37. The van der Waals surface area contributed by atoms with Crippen molar-refractivity contribution in [1.82, 2.24) is 4.90 Å². The van der Waals surface area contributed by atoms with Crippen molar-refractivity contribution in [3.05, 3.63) is 29.3 Å². The van der Waals surface area contributed by atoms with E-state index in [0.717, 1.165) is 18.4 Å². The zero-order chi connectivity index (χ0) is 18.1. The number of carbonyl (C=O) groups is 2. The van der Waals surface area contributed by atoms with Crippen molar-refractivity contribution in [3.63, 3.8) is 0 Å². The third-order valence-corrected chi connectivity index (χ3v) is 6.95. The summed E-state index contributed by atoms with van der Waals surface area (Å²) in [6.07, 6.45) is 3.29. The van der Waals surface area contributed by atoms with E-state index in [0.29, 0.717) is 49.6 Å². The molecule has 1 aromatic rings. The molecule has 1 aromatic carbocycles. The number of piperidine rings is 1. The highest BCUT2D eigenvalue weighted by molar-refractivity contribution is 6.01. The molecule has 0 radical (unpaired) electrons. The number of aryl methyl sites for hydroxylation is 1. The molecule has 3 fully saturated rings. The van der Waals surface area contributed by atoms with Crippen LogP contribution in [0.15, 0.2) is 18.2 Å². The van der Waals surface area contributed by atoms with Gasteiger partial charge in [-0.1, -0.05) is 11.6 Å². The van der Waals surface area contributed by atoms with Gasteiger partial charge in [-0.15, -0.1) is 0 Å². The molecule has 2 heterocycles. The molecule has 2 aliphatic heterocycles. The third-order valence-electron chi connectivity index (χ3n) is 6.95. The second-order valence-electron chi connectivity index (χ2n) is 8.58. The van der Waals surface area contributed by atoms with Crippen molar-refractivity contribution in [2.45, 2.75) is 50.7 Å². The monoisotopic (exact) mass is 355 g/mol. The van der Waals surface area contributed by atoms with Crippen molar-refractivity contribution >= 4 is 11.7 Å². The maximum absolute atomic E-state index is 13.0. The molecule has 2 saturated carbocycles. The van der Waals surface area contributed by atoms with E-state index < -0.39 is 5.60 Å². The average molecular weight is 355 g/mol. The number of ether oxygens (including phenoxy) is 1. The number of hydrogen-bond acceptors (Lipinski definition) is 4. The number of amides is 1. The van der Waals surface area contributed by atoms with Gasteiger partial charge >= 0.3 is 0 Å². The van der Waals surface area contributed by atoms with Gasteiger partial charge in [0.05, 0.1) is 18.1 Å². The topological polar surface area (TPSA) is 66.8 Å². The van der Waals surface area contributed by atoms with E-state index in [-0.39, 0.29) is 29.6 Å². The number of aliphatic hydroxyl groups is 1. The van der Waals surface area contributed by atoms with Gasteiger partial charge in [-0.25, -0.2) is 0 Å². The number of carbonyl (C=O) groups excluding carboxylic acids is 2. The smallest absolute Gasteiger partial charge is 0.226 e. The molecular formula is C21H25NO4. The van der Waals surface area contributed by atoms with Gasteiger partial charge in [0.2, 0.25) is 5.91 Å². The molecule has 1 spiro atoms. The summed E-state index contributed by atoms with van der Waals surface area (Å²) in [5.74, 6) is 1.56. The molecule has 1 amide bonds. The summed E-state index contributed by atoms with van der Waals surface area (Å²) in [5, 5.41) is 9.67. The van der Waals surface area contributed by atoms with Crippen molar-refractivity contribution in [2.24, 2.45) is 17.8 Å². The molecule has 0 aromatic heterocycles. The molecule has 0 unspecified atom stereocenters. The largest absolute Gasteiger partial charge is 0.486 e. The molecule has 5 rings (SSSR count). The minimum atomic E-state index is -0.486. The van der Waals surface area contributed by atoms with E-state index in [1.54, 1.807) is 0 Å². The van der Waals surface area contributed by atoms with E-state index >= 15 is 0 Å². The number of benzene rings is 1. The Bertz CT molecular complexity index is 782. The van der Waals surface area contributed by atoms with E-state index in [9.17, 15) is 14.7 Å². The number of fused-ring (bicyclic) bond motifs is 3. The summed E-state index contributed by atoms with van der Waals surface area (Å²) in [5.41, 5.74) is 1.26. The molecule has 138 valence electrons. The number of likely N-dealkylation sites (tertiary alicyclic amines) is 1. The molecule has 5 heteroatoms. The molecule has 2 aliphatic carbocycles. The van der Waals surface area contributed by atoms with E-state index in [4.69, 9.17) is 4.74 Å². The minimum absolute atomic E-state index is 0.00112. The minimum Gasteiger partial charge on any atom is -0.486 e. The predicted molar refractivity (Wildman–Crippen MR) is 95.0 cm³/mol. The summed E-state index contributed by atoms with van der Waals surface area (Å²) in [7, 11) is 0. The second-order valence-corrected chi connectivity index (χ2v) is 8.58. The SMILES string of the molecule is Cc1ccc2c(c1)C(=O)C[C@]1(CC[C@@H]3[C@H](C(=O)N4CCC(O)CC4)[C@@H]31)O2. The number of rotatable bonds is 1. The van der Waals surface area contributed by atoms with Crippen LogP contribution in [0.2, 0.25) is 0 Å². The van der Waals surface area contributed by atoms with E-state index in [1.807, 2.05) is 30.0 Å². The predicted octanol–water partition coefficient (Wildman–Crippen LogP) is 2.34. The van der Waals surface area contributed by atoms with Crippen LogP contribution < -0.4 is 4.74 Å². The van der Waals surface area contributed by atoms with Gasteiger partial charge in [0, 0.05) is 24.9 Å². The van der Waals surface area contributed by atoms with Crippen molar-refractivity contribution in [1.29, 1.82) is 0 Å². The van der Waals surface area contributed by atoms with Crippen LogP contribution >= 0.6 is 0 Å². The molecule has 5 nitrogen and oxygen atoms in total. The van der Waals surface area contributed by atoms with Gasteiger partial charge < -0.3 is 14.7 Å². The zero-order valence-corrected chi connectivity index (χ0v) is 15.1. The molecular weight excluding hydrogens is 330 g/mol. The van der Waals surface area contributed by atoms with Crippen LogP contribution in [-0.2, 0) is 4.79 Å². The van der Waals surface area contributed by atoms with Crippen LogP contribution in [0.25, 0.3) is 0 Å². The highest BCUT2D eigenvalue weighted by atomic mass is 16.5. The lowest BCUT2D eigenvalue weighted by molar-refractivity contribution is -0.136. The Labute approximate surface area is 153 Å². The normalized spacial score (nSPS) is 35.8. The fourth-order valence-corrected chi connectivity index (χ4v) is 5.56. The zero-order valence-electron chi connectivity index (χ0n) is 15.1. The highest BCUT2D eigenvalue weighted by Crippen LogP contribution is 2.66. The van der Waals surface area contributed by atoms with Crippen LogP contribution in [0, 0.1) is 24.7 Å². The van der Waals surface area contributed by atoms with Crippen LogP contribution in [0.3, 0.4) is 0 Å². The maximum atomic E-state index is 13.0. The first-order valence-electron chi connectivity index (χ1n) is 9.78. The van der Waals surface area contributed by atoms with Gasteiger partial charge in [0.15, 0.2) is 5.78 Å². The number of hydrogen-bond donors (Lipinski definition) is 1. The average Bonchev–Trinajstić information content (AvgIpc) is 3.27. The van der Waals surface area contributed by atoms with Crippen LogP contribution in [0.4, 0.5) is 0 Å². The first kappa shape index (κ1) is 16.3. The van der Waals surface area contributed by atoms with Gasteiger partial charge in [-0.2, -0.15) is 0 Å². The van der Waals surface area contributed by atoms with Crippen molar-refractivity contribution in [2.75, 3.05) is 13.1 Å². The summed E-state index contributed by atoms with van der Waals surface area (Å²) in [6, 6.07) is 5.79. The van der Waals surface area contributed by atoms with E-state index in [2.05, 4.69) is 0 Å². The lowest BCUT2D eigenvalue weighted by Crippen LogP contribution is -2.46. The summed E-state index contributed by atoms with van der Waals surface area (Å²) < 4.78 is 6.41. The standard InChI is InChI=1S/C21H25NO4/c1-12-2-3-17-15(10-12)16(24)11-21(26-17)7-4-14-18(19(14)21)20(25)22-8-5-13(23)6-9-22/h2-3,10,13-14,18-19,23H,4-9,11H2,1H3/t14-,18+,19-,21+/m1/s1. The summed E-state index contributed by atoms with van der Waals surface area (Å²) >= 11 is 0. The van der Waals surface area contributed by atoms with Gasteiger partial charge in [-0.3, -0.25) is 9.59 Å². The molecule has 0 bridgehead atoms. The number of aliphatic hydroxyl groups excluding tert-OH is 1. The van der Waals surface area contributed by atoms with Crippen molar-refractivity contribution in [3.8, 4) is 5.75 Å². The maximum Gasteiger partial charge on any atom is 0.226 e. The molecule has 1 N–H and O–H groups in total. The Kier molecular flexibility index (Phi) is 3.48. The van der Waals surface area contributed by atoms with E-state index in [1.165, 1.54) is 0 Å². The second kappa shape index (κ2) is 5.56. The number of ketones is 1. The Morgan fingerprint density at radius 3 is 2.81 bits per heavy atom. The number of nitrogens with zero attached hydrogens (tertiary/aromatic N) is 1. The Morgan fingerprint density at radius 2 is 2.04 bits per heavy atom. The fourth-order valence-electron chi connectivity index (χ4n) is 5.56. The number of Topliss-reactive ketones (excluding diaryl/α,β-unsaturated/α-hetero) is 1. The lowest BCUT2D eigenvalue weighted by Gasteiger charge is -2.38. The fraction of sp³-hybridized carbons (Fsp3) is 0.619. The highest BCUT2D eigenvalue weighted by Gasteiger charge is 2.71. The lowest BCUT2D eigenvalue weighted by atomic mass is 9.83. The third kappa shape index (κ3) is 2.33.